The molecule has 0 fully saturated rings. The zero-order chi connectivity index (χ0) is 25.4. The van der Waals surface area contributed by atoms with E-state index in [1.54, 1.807) is 25.3 Å². The molecule has 0 aliphatic rings. The third-order valence-electron chi connectivity index (χ3n) is 6.61. The summed E-state index contributed by atoms with van der Waals surface area (Å²) in [5.41, 5.74) is 4.52. The molecule has 0 aliphatic carbocycles. The van der Waals surface area contributed by atoms with E-state index in [-0.39, 0.29) is 11.6 Å². The topological polar surface area (TPSA) is 39.1 Å². The van der Waals surface area contributed by atoms with Crippen molar-refractivity contribution in [3.8, 4) is 16.9 Å². The summed E-state index contributed by atoms with van der Waals surface area (Å²) in [6, 6.07) is 25.8. The van der Waals surface area contributed by atoms with Crippen molar-refractivity contribution in [2.45, 2.75) is 25.7 Å². The van der Waals surface area contributed by atoms with Crippen molar-refractivity contribution in [3.63, 3.8) is 0 Å². The molecule has 0 amide bonds. The standard InChI is InChI=1S/C29H26F3N3O/c1-18(22-10-6-8-20-7-4-5-9-23(20)22)33-17-19-11-14-27(36-3)24(15-19)21-12-13-26-25(16-21)34-28(35(26)2)29(30,31)32/h4-16,18,33H,17H2,1-3H3. The molecule has 184 valence electrons. The number of halogens is 3. The Hall–Kier alpha value is -3.84. The molecule has 0 aliphatic heterocycles. The minimum Gasteiger partial charge on any atom is -0.496 e. The Labute approximate surface area is 207 Å². The highest BCUT2D eigenvalue weighted by Gasteiger charge is 2.36. The molecule has 5 aromatic rings. The maximum atomic E-state index is 13.3. The lowest BCUT2D eigenvalue weighted by atomic mass is 9.99. The minimum absolute atomic E-state index is 0.118. The molecular formula is C29H26F3N3O. The summed E-state index contributed by atoms with van der Waals surface area (Å²) in [7, 11) is 2.96. The number of nitrogens with zero attached hydrogens (tertiary/aromatic N) is 2. The van der Waals surface area contributed by atoms with E-state index in [0.717, 1.165) is 21.3 Å². The van der Waals surface area contributed by atoms with Gasteiger partial charge < -0.3 is 14.6 Å². The van der Waals surface area contributed by atoms with Crippen LogP contribution in [0.3, 0.4) is 0 Å². The number of benzene rings is 4. The molecule has 0 saturated carbocycles. The molecule has 1 heterocycles. The van der Waals surface area contributed by atoms with Crippen LogP contribution in [0.15, 0.2) is 78.9 Å². The SMILES string of the molecule is COc1ccc(CNC(C)c2cccc3ccccc23)cc1-c1ccc2c(c1)nc(C(F)(F)F)n2C. The minimum atomic E-state index is -4.52. The van der Waals surface area contributed by atoms with Crippen LogP contribution in [0, 0.1) is 0 Å². The second-order valence-electron chi connectivity index (χ2n) is 8.90. The summed E-state index contributed by atoms with van der Waals surface area (Å²) in [5, 5.41) is 6.02. The monoisotopic (exact) mass is 489 g/mol. The summed E-state index contributed by atoms with van der Waals surface area (Å²) >= 11 is 0. The summed E-state index contributed by atoms with van der Waals surface area (Å²) in [6.07, 6.45) is -4.52. The van der Waals surface area contributed by atoms with E-state index < -0.39 is 12.0 Å². The third-order valence-corrected chi connectivity index (χ3v) is 6.61. The second kappa shape index (κ2) is 9.32. The molecule has 0 bridgehead atoms. The Balaban J connectivity index is 1.44. The molecule has 4 nitrogen and oxygen atoms in total. The zero-order valence-corrected chi connectivity index (χ0v) is 20.2. The molecule has 36 heavy (non-hydrogen) atoms. The summed E-state index contributed by atoms with van der Waals surface area (Å²) in [4.78, 5) is 3.85. The average Bonchev–Trinajstić information content (AvgIpc) is 3.23. The highest BCUT2D eigenvalue weighted by atomic mass is 19.4. The quantitative estimate of drug-likeness (QED) is 0.273. The first-order valence-corrected chi connectivity index (χ1v) is 11.7. The van der Waals surface area contributed by atoms with Gasteiger partial charge in [0.05, 0.1) is 18.1 Å². The summed E-state index contributed by atoms with van der Waals surface area (Å²) < 4.78 is 46.6. The Morgan fingerprint density at radius 1 is 0.972 bits per heavy atom. The highest BCUT2D eigenvalue weighted by molar-refractivity contribution is 5.86. The normalized spacial score (nSPS) is 12.8. The van der Waals surface area contributed by atoms with Crippen molar-refractivity contribution in [2.24, 2.45) is 7.05 Å². The van der Waals surface area contributed by atoms with Crippen molar-refractivity contribution in [1.82, 2.24) is 14.9 Å². The fraction of sp³-hybridized carbons (Fsp3) is 0.207. The predicted octanol–water partition coefficient (Wildman–Crippen LogP) is 7.27. The van der Waals surface area contributed by atoms with Crippen LogP contribution in [-0.2, 0) is 19.8 Å². The van der Waals surface area contributed by atoms with Crippen LogP contribution in [0.25, 0.3) is 32.9 Å². The number of nitrogens with one attached hydrogen (secondary N) is 1. The number of fused-ring (bicyclic) bond motifs is 2. The Morgan fingerprint density at radius 3 is 2.53 bits per heavy atom. The number of ether oxygens (including phenoxy) is 1. The number of imidazole rings is 1. The van der Waals surface area contributed by atoms with Crippen molar-refractivity contribution < 1.29 is 17.9 Å². The second-order valence-corrected chi connectivity index (χ2v) is 8.90. The molecule has 1 aromatic heterocycles. The number of hydrogen-bond acceptors (Lipinski definition) is 3. The van der Waals surface area contributed by atoms with Gasteiger partial charge in [-0.3, -0.25) is 0 Å². The van der Waals surface area contributed by atoms with Gasteiger partial charge in [-0.25, -0.2) is 4.98 Å². The summed E-state index contributed by atoms with van der Waals surface area (Å²) in [5.74, 6) is -0.269. The van der Waals surface area contributed by atoms with Crippen molar-refractivity contribution in [3.05, 3.63) is 95.8 Å². The van der Waals surface area contributed by atoms with Crippen molar-refractivity contribution in [2.75, 3.05) is 7.11 Å². The van der Waals surface area contributed by atoms with E-state index in [2.05, 4.69) is 47.6 Å². The molecule has 0 saturated heterocycles. The van der Waals surface area contributed by atoms with Crippen molar-refractivity contribution in [1.29, 1.82) is 0 Å². The van der Waals surface area contributed by atoms with Gasteiger partial charge in [0.25, 0.3) is 0 Å². The van der Waals surface area contributed by atoms with Gasteiger partial charge in [0.15, 0.2) is 0 Å². The van der Waals surface area contributed by atoms with Gasteiger partial charge in [0.2, 0.25) is 5.82 Å². The van der Waals surface area contributed by atoms with E-state index in [9.17, 15) is 13.2 Å². The fourth-order valence-electron chi connectivity index (χ4n) is 4.72. The molecule has 0 spiro atoms. The number of aromatic nitrogens is 2. The largest absolute Gasteiger partial charge is 0.496 e. The maximum Gasteiger partial charge on any atom is 0.449 e. The lowest BCUT2D eigenvalue weighted by Gasteiger charge is -2.18. The molecule has 1 unspecified atom stereocenters. The van der Waals surface area contributed by atoms with Gasteiger partial charge in [-0.2, -0.15) is 13.2 Å². The molecule has 1 N–H and O–H groups in total. The highest BCUT2D eigenvalue weighted by Crippen LogP contribution is 2.35. The molecule has 5 rings (SSSR count). The molecule has 1 atom stereocenters. The van der Waals surface area contributed by atoms with E-state index in [4.69, 9.17) is 4.74 Å². The maximum absolute atomic E-state index is 13.3. The van der Waals surface area contributed by atoms with Gasteiger partial charge in [-0.1, -0.05) is 54.6 Å². The lowest BCUT2D eigenvalue weighted by Crippen LogP contribution is -2.18. The molecule has 4 aromatic carbocycles. The molecular weight excluding hydrogens is 463 g/mol. The van der Waals surface area contributed by atoms with Crippen molar-refractivity contribution >= 4 is 21.8 Å². The smallest absolute Gasteiger partial charge is 0.449 e. The van der Waals surface area contributed by atoms with E-state index in [0.29, 0.717) is 17.8 Å². The first kappa shape index (κ1) is 23.9. The summed E-state index contributed by atoms with van der Waals surface area (Å²) in [6.45, 7) is 2.75. The van der Waals surface area contributed by atoms with Crippen LogP contribution in [-0.4, -0.2) is 16.7 Å². The number of alkyl halides is 3. The van der Waals surface area contributed by atoms with Crippen LogP contribution in [0.2, 0.25) is 0 Å². The van der Waals surface area contributed by atoms with Crippen LogP contribution in [0.5, 0.6) is 5.75 Å². The van der Waals surface area contributed by atoms with Gasteiger partial charge in [0, 0.05) is 25.2 Å². The Morgan fingerprint density at radius 2 is 1.75 bits per heavy atom. The first-order valence-electron chi connectivity index (χ1n) is 11.7. The lowest BCUT2D eigenvalue weighted by molar-refractivity contribution is -0.146. The van der Waals surface area contributed by atoms with Crippen LogP contribution >= 0.6 is 0 Å². The van der Waals surface area contributed by atoms with Gasteiger partial charge >= 0.3 is 6.18 Å². The van der Waals surface area contributed by atoms with Crippen LogP contribution < -0.4 is 10.1 Å². The van der Waals surface area contributed by atoms with Crippen LogP contribution in [0.1, 0.15) is 29.9 Å². The van der Waals surface area contributed by atoms with Gasteiger partial charge in [-0.15, -0.1) is 0 Å². The van der Waals surface area contributed by atoms with E-state index >= 15 is 0 Å². The van der Waals surface area contributed by atoms with Gasteiger partial charge in [-0.05, 0) is 58.7 Å². The average molecular weight is 490 g/mol. The zero-order valence-electron chi connectivity index (χ0n) is 20.2. The van der Waals surface area contributed by atoms with Crippen LogP contribution in [0.4, 0.5) is 13.2 Å². The van der Waals surface area contributed by atoms with Gasteiger partial charge in [0.1, 0.15) is 5.75 Å². The van der Waals surface area contributed by atoms with E-state index in [1.807, 2.05) is 30.3 Å². The molecule has 7 heteroatoms. The number of aryl methyl sites for hydroxylation is 1. The Kier molecular flexibility index (Phi) is 6.18. The molecule has 0 radical (unpaired) electrons. The van der Waals surface area contributed by atoms with E-state index in [1.165, 1.54) is 23.4 Å². The fourth-order valence-corrected chi connectivity index (χ4v) is 4.72. The number of rotatable bonds is 6. The third kappa shape index (κ3) is 4.42. The number of hydrogen-bond donors (Lipinski definition) is 1. The predicted molar refractivity (Wildman–Crippen MR) is 137 cm³/mol. The first-order chi connectivity index (χ1) is 17.3. The number of methoxy groups -OCH3 is 1. The Bertz CT molecular complexity index is 1550.